The van der Waals surface area contributed by atoms with Crippen LogP contribution < -0.4 is 0 Å². The largest absolute Gasteiger partial charge is 0.460 e. The normalized spacial score (nSPS) is 11.8. The first-order chi connectivity index (χ1) is 11.6. The van der Waals surface area contributed by atoms with Crippen molar-refractivity contribution in [3.63, 3.8) is 0 Å². The Morgan fingerprint density at radius 3 is 2.28 bits per heavy atom. The number of hydrogen-bond donors (Lipinski definition) is 0. The van der Waals surface area contributed by atoms with Gasteiger partial charge in [-0.15, -0.1) is 0 Å². The van der Waals surface area contributed by atoms with Crippen LogP contribution in [0.5, 0.6) is 0 Å². The van der Waals surface area contributed by atoms with Gasteiger partial charge in [0.1, 0.15) is 18.0 Å². The maximum absolute atomic E-state index is 11.7. The topological polar surface area (TPSA) is 69.7 Å². The molecule has 0 unspecified atom stereocenters. The van der Waals surface area contributed by atoms with Gasteiger partial charge >= 0.3 is 5.97 Å². The molecule has 0 amide bonds. The fraction of sp³-hybridized carbons (Fsp3) is 0.550. The zero-order chi connectivity index (χ0) is 19.3. The molecule has 0 aromatic heterocycles. The van der Waals surface area contributed by atoms with Crippen molar-refractivity contribution in [3.8, 4) is 0 Å². The van der Waals surface area contributed by atoms with E-state index < -0.39 is 5.60 Å². The molecule has 0 fully saturated rings. The lowest BCUT2D eigenvalue weighted by atomic mass is 10.1. The highest BCUT2D eigenvalue weighted by molar-refractivity contribution is 5.99. The fourth-order valence-electron chi connectivity index (χ4n) is 1.83. The molecule has 0 aromatic carbocycles. The molecule has 0 heterocycles. The van der Waals surface area contributed by atoms with Gasteiger partial charge in [-0.25, -0.2) is 0 Å². The molecule has 0 saturated carbocycles. The first-order valence-electron chi connectivity index (χ1n) is 8.44. The Morgan fingerprint density at radius 2 is 1.68 bits per heavy atom. The quantitative estimate of drug-likeness (QED) is 0.305. The van der Waals surface area contributed by atoms with Crippen molar-refractivity contribution in [1.82, 2.24) is 0 Å². The lowest BCUT2D eigenvalue weighted by molar-refractivity contribution is -0.154. The van der Waals surface area contributed by atoms with Gasteiger partial charge in [-0.1, -0.05) is 30.9 Å². The van der Waals surface area contributed by atoms with Crippen molar-refractivity contribution in [2.24, 2.45) is 0 Å². The van der Waals surface area contributed by atoms with Crippen molar-refractivity contribution in [2.45, 2.75) is 59.0 Å². The Morgan fingerprint density at radius 1 is 1.00 bits per heavy atom. The van der Waals surface area contributed by atoms with Crippen LogP contribution in [0, 0.1) is 0 Å². The number of rotatable bonds is 12. The van der Waals surface area contributed by atoms with E-state index in [2.05, 4.69) is 6.58 Å². The molecule has 0 aromatic rings. The molecule has 0 bridgehead atoms. The zero-order valence-corrected chi connectivity index (χ0v) is 15.8. The third kappa shape index (κ3) is 15.3. The van der Waals surface area contributed by atoms with E-state index in [9.17, 15) is 14.4 Å². The summed E-state index contributed by atoms with van der Waals surface area (Å²) >= 11 is 0. The van der Waals surface area contributed by atoms with Gasteiger partial charge in [0, 0.05) is 12.8 Å². The second kappa shape index (κ2) is 12.4. The maximum atomic E-state index is 11.7. The molecule has 0 rings (SSSR count). The summed E-state index contributed by atoms with van der Waals surface area (Å²) in [6.07, 6.45) is 7.96. The van der Waals surface area contributed by atoms with Gasteiger partial charge in [0.25, 0.3) is 0 Å². The number of carbonyl (C=O) groups is 3. The van der Waals surface area contributed by atoms with Crippen LogP contribution in [0.4, 0.5) is 0 Å². The van der Waals surface area contributed by atoms with Crippen LogP contribution in [-0.4, -0.2) is 36.4 Å². The molecule has 0 saturated heterocycles. The molecule has 0 aliphatic carbocycles. The Bertz CT molecular complexity index is 521. The van der Waals surface area contributed by atoms with Gasteiger partial charge in [0.15, 0.2) is 5.78 Å². The highest BCUT2D eigenvalue weighted by Gasteiger charge is 2.16. The number of ketones is 2. The lowest BCUT2D eigenvalue weighted by Crippen LogP contribution is -2.23. The molecule has 0 aliphatic rings. The third-order valence-electron chi connectivity index (χ3n) is 2.84. The average Bonchev–Trinajstić information content (AvgIpc) is 2.45. The SMILES string of the molecule is C=C(/C=C\C=C/C)COCC(=O)CC(=O)CCCC(=O)OC(C)(C)C. The minimum Gasteiger partial charge on any atom is -0.460 e. The number of ether oxygens (including phenoxy) is 2. The predicted octanol–water partition coefficient (Wildman–Crippen LogP) is 3.73. The standard InChI is InChI=1S/C20H30O5/c1-6-7-8-10-16(2)14-24-15-18(22)13-17(21)11-9-12-19(23)25-20(3,4)5/h6-8,10H,2,9,11-15H2,1,3-5H3/b7-6-,10-8-. The molecule has 140 valence electrons. The Balaban J connectivity index is 3.87. The summed E-state index contributed by atoms with van der Waals surface area (Å²) in [5.74, 6) is -0.795. The molecular formula is C20H30O5. The molecule has 0 N–H and O–H groups in total. The number of hydrogen-bond acceptors (Lipinski definition) is 5. The average molecular weight is 350 g/mol. The summed E-state index contributed by atoms with van der Waals surface area (Å²) in [6.45, 7) is 11.2. The van der Waals surface area contributed by atoms with E-state index in [1.54, 1.807) is 26.8 Å². The zero-order valence-electron chi connectivity index (χ0n) is 15.8. The highest BCUT2D eigenvalue weighted by atomic mass is 16.6. The minimum atomic E-state index is -0.527. The Kier molecular flexibility index (Phi) is 11.4. The predicted molar refractivity (Wildman–Crippen MR) is 98.2 cm³/mol. The van der Waals surface area contributed by atoms with Gasteiger partial charge in [-0.2, -0.15) is 0 Å². The van der Waals surface area contributed by atoms with Crippen LogP contribution in [0.1, 0.15) is 53.4 Å². The molecule has 25 heavy (non-hydrogen) atoms. The highest BCUT2D eigenvalue weighted by Crippen LogP contribution is 2.10. The number of allylic oxidation sites excluding steroid dienone is 3. The van der Waals surface area contributed by atoms with E-state index in [0.717, 1.165) is 5.57 Å². The summed E-state index contributed by atoms with van der Waals surface area (Å²) in [5.41, 5.74) is 0.218. The van der Waals surface area contributed by atoms with Crippen molar-refractivity contribution < 1.29 is 23.9 Å². The van der Waals surface area contributed by atoms with E-state index in [1.165, 1.54) is 0 Å². The third-order valence-corrected chi connectivity index (χ3v) is 2.84. The van der Waals surface area contributed by atoms with Crippen LogP contribution in [0.2, 0.25) is 0 Å². The first kappa shape index (κ1) is 23.0. The van der Waals surface area contributed by atoms with Gasteiger partial charge < -0.3 is 9.47 Å². The van der Waals surface area contributed by atoms with Gasteiger partial charge in [-0.3, -0.25) is 14.4 Å². The van der Waals surface area contributed by atoms with Crippen molar-refractivity contribution in [3.05, 3.63) is 36.5 Å². The fourth-order valence-corrected chi connectivity index (χ4v) is 1.83. The van der Waals surface area contributed by atoms with Gasteiger partial charge in [0.2, 0.25) is 0 Å². The Hall–Kier alpha value is -2.01. The molecule has 0 aliphatic heterocycles. The molecule has 0 spiro atoms. The van der Waals surface area contributed by atoms with Gasteiger partial charge in [-0.05, 0) is 39.7 Å². The summed E-state index contributed by atoms with van der Waals surface area (Å²) in [7, 11) is 0. The molecule has 0 atom stereocenters. The second-order valence-corrected chi connectivity index (χ2v) is 6.73. The van der Waals surface area contributed by atoms with Crippen LogP contribution in [0.25, 0.3) is 0 Å². The van der Waals surface area contributed by atoms with Crippen molar-refractivity contribution >= 4 is 17.5 Å². The molecule has 0 radical (unpaired) electrons. The summed E-state index contributed by atoms with van der Waals surface area (Å²) in [6, 6.07) is 0. The Labute approximate surface area is 150 Å². The smallest absolute Gasteiger partial charge is 0.306 e. The number of esters is 1. The summed E-state index contributed by atoms with van der Waals surface area (Å²) in [4.78, 5) is 34.9. The minimum absolute atomic E-state index is 0.117. The maximum Gasteiger partial charge on any atom is 0.306 e. The van der Waals surface area contributed by atoms with E-state index in [-0.39, 0.29) is 50.0 Å². The first-order valence-corrected chi connectivity index (χ1v) is 8.44. The van der Waals surface area contributed by atoms with E-state index in [1.807, 2.05) is 25.2 Å². The molecule has 5 heteroatoms. The molecule has 5 nitrogen and oxygen atoms in total. The number of carbonyl (C=O) groups excluding carboxylic acids is 3. The van der Waals surface area contributed by atoms with Crippen molar-refractivity contribution in [1.29, 1.82) is 0 Å². The van der Waals surface area contributed by atoms with Gasteiger partial charge in [0.05, 0.1) is 13.0 Å². The van der Waals surface area contributed by atoms with E-state index in [0.29, 0.717) is 6.42 Å². The molecular weight excluding hydrogens is 320 g/mol. The summed E-state index contributed by atoms with van der Waals surface area (Å²) in [5, 5.41) is 0. The summed E-state index contributed by atoms with van der Waals surface area (Å²) < 4.78 is 10.4. The monoisotopic (exact) mass is 350 g/mol. The van der Waals surface area contributed by atoms with Crippen LogP contribution in [0.15, 0.2) is 36.5 Å². The second-order valence-electron chi connectivity index (χ2n) is 6.73. The van der Waals surface area contributed by atoms with Crippen LogP contribution in [-0.2, 0) is 23.9 Å². The number of Topliss-reactive ketones (excluding diaryl/α,β-unsaturated/α-hetero) is 2. The van der Waals surface area contributed by atoms with Crippen LogP contribution >= 0.6 is 0 Å². The van der Waals surface area contributed by atoms with Crippen LogP contribution in [0.3, 0.4) is 0 Å². The van der Waals surface area contributed by atoms with Crippen molar-refractivity contribution in [2.75, 3.05) is 13.2 Å². The van der Waals surface area contributed by atoms with E-state index in [4.69, 9.17) is 9.47 Å². The lowest BCUT2D eigenvalue weighted by Gasteiger charge is -2.19. The van der Waals surface area contributed by atoms with E-state index >= 15 is 0 Å².